The Morgan fingerprint density at radius 1 is 1.26 bits per heavy atom. The fraction of sp³-hybridized carbons (Fsp3) is 0.615. The Morgan fingerprint density at radius 2 is 1.96 bits per heavy atom. The quantitative estimate of drug-likeness (QED) is 0.706. The fourth-order valence-electron chi connectivity index (χ4n) is 2.15. The van der Waals surface area contributed by atoms with Crippen LogP contribution in [-0.2, 0) is 15.7 Å². The Hall–Kier alpha value is -1.46. The summed E-state index contributed by atoms with van der Waals surface area (Å²) in [5, 5.41) is 28.9. The SMILES string of the molecule is CO[C@H]1O[C@H](CO)[C@H](O)[C@H](O)[C@H]1Oc1cccc(C(F)(F)F)n1. The Bertz CT molecular complexity index is 527. The lowest BCUT2D eigenvalue weighted by molar-refractivity contribution is -0.289. The first kappa shape index (κ1) is 17.9. The fourth-order valence-corrected chi connectivity index (χ4v) is 2.15. The van der Waals surface area contributed by atoms with E-state index in [1.807, 2.05) is 0 Å². The molecule has 0 bridgehead atoms. The van der Waals surface area contributed by atoms with E-state index in [1.165, 1.54) is 13.2 Å². The van der Waals surface area contributed by atoms with Gasteiger partial charge in [-0.15, -0.1) is 0 Å². The van der Waals surface area contributed by atoms with Crippen molar-refractivity contribution in [1.82, 2.24) is 4.98 Å². The van der Waals surface area contributed by atoms with Crippen LogP contribution in [0.4, 0.5) is 13.2 Å². The Kier molecular flexibility index (Phi) is 5.42. The highest BCUT2D eigenvalue weighted by atomic mass is 19.4. The maximum Gasteiger partial charge on any atom is 0.433 e. The molecule has 1 aliphatic heterocycles. The van der Waals surface area contributed by atoms with E-state index in [-0.39, 0.29) is 0 Å². The zero-order valence-electron chi connectivity index (χ0n) is 12.0. The maximum absolute atomic E-state index is 12.6. The van der Waals surface area contributed by atoms with Gasteiger partial charge in [-0.25, -0.2) is 4.98 Å². The maximum atomic E-state index is 12.6. The van der Waals surface area contributed by atoms with Crippen molar-refractivity contribution in [2.24, 2.45) is 0 Å². The molecule has 0 unspecified atom stereocenters. The molecule has 0 aromatic carbocycles. The van der Waals surface area contributed by atoms with Crippen molar-refractivity contribution < 1.29 is 42.7 Å². The third-order valence-corrected chi connectivity index (χ3v) is 3.33. The smallest absolute Gasteiger partial charge is 0.433 e. The van der Waals surface area contributed by atoms with Gasteiger partial charge in [-0.3, -0.25) is 0 Å². The zero-order valence-corrected chi connectivity index (χ0v) is 12.0. The molecular formula is C13H16F3NO6. The molecule has 130 valence electrons. The minimum absolute atomic E-state index is 0.413. The molecule has 1 saturated heterocycles. The number of rotatable bonds is 4. The van der Waals surface area contributed by atoms with Gasteiger partial charge in [0.15, 0.2) is 12.4 Å². The van der Waals surface area contributed by atoms with Crippen molar-refractivity contribution >= 4 is 0 Å². The van der Waals surface area contributed by atoms with Crippen LogP contribution in [0.25, 0.3) is 0 Å². The standard InChI is InChI=1S/C13H16F3NO6/c1-21-12-11(10(20)9(19)6(5-18)22-12)23-8-4-2-3-7(17-8)13(14,15)16/h2-4,6,9-12,18-20H,5H2,1H3/t6-,9+,10+,11-,12+/m1/s1. The Balaban J connectivity index is 2.20. The van der Waals surface area contributed by atoms with E-state index >= 15 is 0 Å². The summed E-state index contributed by atoms with van der Waals surface area (Å²) in [6.07, 6.45) is -11.3. The number of aliphatic hydroxyl groups is 3. The first-order valence-electron chi connectivity index (χ1n) is 6.64. The summed E-state index contributed by atoms with van der Waals surface area (Å²) in [7, 11) is 1.22. The van der Waals surface area contributed by atoms with Crippen LogP contribution in [-0.4, -0.2) is 64.7 Å². The molecule has 1 fully saturated rings. The van der Waals surface area contributed by atoms with Gasteiger partial charge in [0, 0.05) is 13.2 Å². The summed E-state index contributed by atoms with van der Waals surface area (Å²) < 4.78 is 53.3. The first-order chi connectivity index (χ1) is 10.8. The van der Waals surface area contributed by atoms with E-state index < -0.39 is 55.1 Å². The molecular weight excluding hydrogens is 323 g/mol. The lowest BCUT2D eigenvalue weighted by Gasteiger charge is -2.40. The molecule has 1 aromatic heterocycles. The molecule has 0 spiro atoms. The van der Waals surface area contributed by atoms with Crippen molar-refractivity contribution in [3.63, 3.8) is 0 Å². The summed E-state index contributed by atoms with van der Waals surface area (Å²) in [4.78, 5) is 3.31. The number of pyridine rings is 1. The molecule has 2 heterocycles. The average Bonchev–Trinajstić information content (AvgIpc) is 2.52. The second kappa shape index (κ2) is 6.97. The third-order valence-electron chi connectivity index (χ3n) is 3.33. The lowest BCUT2D eigenvalue weighted by Crippen LogP contribution is -2.61. The predicted octanol–water partition coefficient (Wildman–Crippen LogP) is -0.0668. The number of aliphatic hydroxyl groups excluding tert-OH is 3. The van der Waals surface area contributed by atoms with Gasteiger partial charge in [0.1, 0.15) is 24.0 Å². The summed E-state index contributed by atoms with van der Waals surface area (Å²) in [5.74, 6) is -0.413. The first-order valence-corrected chi connectivity index (χ1v) is 6.64. The number of hydrogen-bond acceptors (Lipinski definition) is 7. The Morgan fingerprint density at radius 3 is 2.52 bits per heavy atom. The van der Waals surface area contributed by atoms with E-state index in [0.717, 1.165) is 12.1 Å². The van der Waals surface area contributed by atoms with Gasteiger partial charge in [0.25, 0.3) is 0 Å². The van der Waals surface area contributed by atoms with Crippen molar-refractivity contribution in [2.45, 2.75) is 36.9 Å². The number of alkyl halides is 3. The summed E-state index contributed by atoms with van der Waals surface area (Å²) >= 11 is 0. The second-order valence-electron chi connectivity index (χ2n) is 4.88. The predicted molar refractivity (Wildman–Crippen MR) is 68.4 cm³/mol. The minimum atomic E-state index is -4.65. The highest BCUT2D eigenvalue weighted by Gasteiger charge is 2.46. The molecule has 1 aliphatic rings. The van der Waals surface area contributed by atoms with Gasteiger partial charge in [0.2, 0.25) is 5.88 Å². The van der Waals surface area contributed by atoms with Gasteiger partial charge in [-0.05, 0) is 6.07 Å². The number of hydrogen-bond donors (Lipinski definition) is 3. The summed E-state index contributed by atoms with van der Waals surface area (Å²) in [5.41, 5.74) is -1.16. The zero-order chi connectivity index (χ0) is 17.2. The van der Waals surface area contributed by atoms with Crippen molar-refractivity contribution in [3.8, 4) is 5.88 Å². The van der Waals surface area contributed by atoms with Crippen LogP contribution >= 0.6 is 0 Å². The van der Waals surface area contributed by atoms with Crippen molar-refractivity contribution in [1.29, 1.82) is 0 Å². The third kappa shape index (κ3) is 3.90. The van der Waals surface area contributed by atoms with Crippen LogP contribution < -0.4 is 4.74 Å². The molecule has 0 radical (unpaired) electrons. The minimum Gasteiger partial charge on any atom is -0.466 e. The van der Waals surface area contributed by atoms with Crippen LogP contribution in [0, 0.1) is 0 Å². The largest absolute Gasteiger partial charge is 0.466 e. The number of ether oxygens (including phenoxy) is 3. The second-order valence-corrected chi connectivity index (χ2v) is 4.88. The van der Waals surface area contributed by atoms with Crippen molar-refractivity contribution in [2.75, 3.05) is 13.7 Å². The topological polar surface area (TPSA) is 101 Å². The molecule has 1 aromatic rings. The van der Waals surface area contributed by atoms with Gasteiger partial charge >= 0.3 is 6.18 Å². The highest BCUT2D eigenvalue weighted by Crippen LogP contribution is 2.30. The molecule has 0 amide bonds. The molecule has 0 saturated carbocycles. The highest BCUT2D eigenvalue weighted by molar-refractivity contribution is 5.18. The van der Waals surface area contributed by atoms with Crippen molar-refractivity contribution in [3.05, 3.63) is 23.9 Å². The van der Waals surface area contributed by atoms with E-state index in [4.69, 9.17) is 19.3 Å². The van der Waals surface area contributed by atoms with Crippen LogP contribution in [0.1, 0.15) is 5.69 Å². The van der Waals surface area contributed by atoms with Gasteiger partial charge in [0.05, 0.1) is 6.61 Å². The monoisotopic (exact) mass is 339 g/mol. The molecule has 3 N–H and O–H groups in total. The number of aromatic nitrogens is 1. The van der Waals surface area contributed by atoms with Crippen LogP contribution in [0.3, 0.4) is 0 Å². The van der Waals surface area contributed by atoms with E-state index in [2.05, 4.69) is 4.98 Å². The van der Waals surface area contributed by atoms with Crippen LogP contribution in [0.5, 0.6) is 5.88 Å². The van der Waals surface area contributed by atoms with Crippen LogP contribution in [0.2, 0.25) is 0 Å². The molecule has 5 atom stereocenters. The molecule has 10 heteroatoms. The normalized spacial score (nSPS) is 31.9. The molecule has 23 heavy (non-hydrogen) atoms. The van der Waals surface area contributed by atoms with E-state index in [1.54, 1.807) is 0 Å². The van der Waals surface area contributed by atoms with E-state index in [0.29, 0.717) is 0 Å². The van der Waals surface area contributed by atoms with E-state index in [9.17, 15) is 23.4 Å². The van der Waals surface area contributed by atoms with Crippen LogP contribution in [0.15, 0.2) is 18.2 Å². The van der Waals surface area contributed by atoms with Gasteiger partial charge in [-0.2, -0.15) is 13.2 Å². The Labute approximate surface area is 129 Å². The summed E-state index contributed by atoms with van der Waals surface area (Å²) in [6, 6.07) is 3.03. The average molecular weight is 339 g/mol. The number of nitrogens with zero attached hydrogens (tertiary/aromatic N) is 1. The molecule has 2 rings (SSSR count). The van der Waals surface area contributed by atoms with Gasteiger partial charge < -0.3 is 29.5 Å². The molecule has 0 aliphatic carbocycles. The lowest BCUT2D eigenvalue weighted by atomic mass is 9.99. The molecule has 7 nitrogen and oxygen atoms in total. The number of methoxy groups -OCH3 is 1. The van der Waals surface area contributed by atoms with Gasteiger partial charge in [-0.1, -0.05) is 6.07 Å². The summed E-state index contributed by atoms with van der Waals surface area (Å²) in [6.45, 7) is -0.577. The number of halogens is 3.